The van der Waals surface area contributed by atoms with Crippen molar-refractivity contribution in [3.63, 3.8) is 0 Å². The van der Waals surface area contributed by atoms with Crippen LogP contribution in [0.3, 0.4) is 0 Å². The number of halogens is 4. The summed E-state index contributed by atoms with van der Waals surface area (Å²) in [6, 6.07) is 6.68. The van der Waals surface area contributed by atoms with Crippen LogP contribution in [0.5, 0.6) is 0 Å². The number of ether oxygens (including phenoxy) is 1. The van der Waals surface area contributed by atoms with E-state index in [1.807, 2.05) is 18.7 Å². The van der Waals surface area contributed by atoms with Gasteiger partial charge in [-0.2, -0.15) is 13.2 Å². The maximum absolute atomic E-state index is 13.3. The largest absolute Gasteiger partial charge is 0.451 e. The molecule has 0 radical (unpaired) electrons. The Bertz CT molecular complexity index is 1220. The number of aromatic nitrogens is 3. The number of anilines is 1. The minimum absolute atomic E-state index is 0.112. The van der Waals surface area contributed by atoms with E-state index in [1.165, 1.54) is 0 Å². The van der Waals surface area contributed by atoms with Crippen LogP contribution in [0.15, 0.2) is 36.7 Å². The molecular formula is C24H26ClF3N6O2. The van der Waals surface area contributed by atoms with Gasteiger partial charge in [0, 0.05) is 49.0 Å². The van der Waals surface area contributed by atoms with Crippen LogP contribution in [0.2, 0.25) is 5.02 Å². The summed E-state index contributed by atoms with van der Waals surface area (Å²) < 4.78 is 44.2. The van der Waals surface area contributed by atoms with Gasteiger partial charge in [-0.1, -0.05) is 11.6 Å². The molecular weight excluding hydrogens is 497 g/mol. The third-order valence-corrected chi connectivity index (χ3v) is 6.05. The Kier molecular flexibility index (Phi) is 7.91. The van der Waals surface area contributed by atoms with Gasteiger partial charge >= 0.3 is 6.18 Å². The van der Waals surface area contributed by atoms with Gasteiger partial charge in [0.15, 0.2) is 0 Å². The number of hydrogen-bond donors (Lipinski definition) is 2. The lowest BCUT2D eigenvalue weighted by Gasteiger charge is -2.34. The van der Waals surface area contributed by atoms with Crippen LogP contribution in [0.4, 0.5) is 19.0 Å². The van der Waals surface area contributed by atoms with E-state index in [-0.39, 0.29) is 23.2 Å². The molecule has 1 aliphatic heterocycles. The fourth-order valence-corrected chi connectivity index (χ4v) is 4.32. The minimum Gasteiger partial charge on any atom is -0.379 e. The van der Waals surface area contributed by atoms with Crippen LogP contribution < -0.4 is 10.6 Å². The van der Waals surface area contributed by atoms with E-state index in [2.05, 4.69) is 25.6 Å². The molecule has 8 nitrogen and oxygen atoms in total. The third-order valence-electron chi connectivity index (χ3n) is 5.74. The average molecular weight is 523 g/mol. The van der Waals surface area contributed by atoms with E-state index in [0.29, 0.717) is 48.6 Å². The van der Waals surface area contributed by atoms with E-state index in [0.717, 1.165) is 12.4 Å². The van der Waals surface area contributed by atoms with Crippen molar-refractivity contribution in [1.29, 1.82) is 0 Å². The number of fused-ring (bicyclic) bond motifs is 1. The van der Waals surface area contributed by atoms with Crippen LogP contribution in [-0.4, -0.2) is 64.6 Å². The van der Waals surface area contributed by atoms with Crippen molar-refractivity contribution in [2.75, 3.05) is 38.2 Å². The quantitative estimate of drug-likeness (QED) is 0.477. The van der Waals surface area contributed by atoms with Crippen molar-refractivity contribution < 1.29 is 22.7 Å². The summed E-state index contributed by atoms with van der Waals surface area (Å²) in [4.78, 5) is 26.9. The summed E-state index contributed by atoms with van der Waals surface area (Å²) in [5, 5.41) is 6.98. The van der Waals surface area contributed by atoms with Gasteiger partial charge in [-0.05, 0) is 38.1 Å². The monoisotopic (exact) mass is 522 g/mol. The molecule has 0 bridgehead atoms. The normalized spacial score (nSPS) is 15.8. The van der Waals surface area contributed by atoms with Gasteiger partial charge in [-0.15, -0.1) is 0 Å². The van der Waals surface area contributed by atoms with E-state index >= 15 is 0 Å². The summed E-state index contributed by atoms with van der Waals surface area (Å²) in [7, 11) is 0. The van der Waals surface area contributed by atoms with E-state index in [9.17, 15) is 18.0 Å². The molecule has 1 unspecified atom stereocenters. The molecule has 0 saturated carbocycles. The number of carbonyl (C=O) groups is 1. The molecule has 1 aliphatic rings. The standard InChI is InChI=1S/C24H26ClF3N6O2/c1-14(2)32-20-6-3-16-18(33-20)5-4-17(25)21(16)22(35)29-13-19(34-7-9-36-10-8-34)15-11-30-23(31-12-15)24(26,27)28/h3-6,11-12,14,19H,7-10,13H2,1-2H3,(H,29,35)(H,32,33). The number of amides is 1. The van der Waals surface area contributed by atoms with Gasteiger partial charge in [0.05, 0.1) is 35.4 Å². The van der Waals surface area contributed by atoms with E-state index in [4.69, 9.17) is 16.3 Å². The summed E-state index contributed by atoms with van der Waals surface area (Å²) in [5.41, 5.74) is 1.35. The second-order valence-electron chi connectivity index (χ2n) is 8.70. The molecule has 192 valence electrons. The number of benzene rings is 1. The van der Waals surface area contributed by atoms with Crippen molar-refractivity contribution in [3.05, 3.63) is 58.6 Å². The van der Waals surface area contributed by atoms with Crippen LogP contribution in [-0.2, 0) is 10.9 Å². The van der Waals surface area contributed by atoms with Crippen molar-refractivity contribution in [2.45, 2.75) is 32.1 Å². The van der Waals surface area contributed by atoms with Crippen LogP contribution in [0.1, 0.15) is 41.6 Å². The fraction of sp³-hybridized carbons (Fsp3) is 0.417. The topological polar surface area (TPSA) is 92.3 Å². The predicted octanol–water partition coefficient (Wildman–Crippen LogP) is 4.32. The highest BCUT2D eigenvalue weighted by molar-refractivity contribution is 6.35. The number of rotatable bonds is 7. The molecule has 12 heteroatoms. The molecule has 1 amide bonds. The van der Waals surface area contributed by atoms with Crippen LogP contribution in [0, 0.1) is 0 Å². The Labute approximate surface area is 211 Å². The number of pyridine rings is 1. The molecule has 2 N–H and O–H groups in total. The van der Waals surface area contributed by atoms with Gasteiger partial charge < -0.3 is 15.4 Å². The fourth-order valence-electron chi connectivity index (χ4n) is 4.07. The third kappa shape index (κ3) is 6.03. The maximum atomic E-state index is 13.3. The number of carbonyl (C=O) groups excluding carboxylic acids is 1. The van der Waals surface area contributed by atoms with E-state index in [1.54, 1.807) is 24.3 Å². The number of nitrogens with zero attached hydrogens (tertiary/aromatic N) is 4. The van der Waals surface area contributed by atoms with Gasteiger partial charge in [0.2, 0.25) is 5.82 Å². The summed E-state index contributed by atoms with van der Waals surface area (Å²) in [6.45, 7) is 6.15. The zero-order valence-electron chi connectivity index (χ0n) is 19.8. The van der Waals surface area contributed by atoms with Crippen molar-refractivity contribution in [3.8, 4) is 0 Å². The molecule has 2 aromatic heterocycles. The summed E-state index contributed by atoms with van der Waals surface area (Å²) in [6.07, 6.45) is -2.33. The van der Waals surface area contributed by atoms with Gasteiger partial charge in [0.1, 0.15) is 5.82 Å². The first-order chi connectivity index (χ1) is 17.1. The van der Waals surface area contributed by atoms with Crippen LogP contribution in [0.25, 0.3) is 10.9 Å². The molecule has 36 heavy (non-hydrogen) atoms. The highest BCUT2D eigenvalue weighted by Crippen LogP contribution is 2.29. The second kappa shape index (κ2) is 10.9. The van der Waals surface area contributed by atoms with Crippen molar-refractivity contribution in [1.82, 2.24) is 25.2 Å². The molecule has 1 saturated heterocycles. The Balaban J connectivity index is 1.58. The smallest absolute Gasteiger partial charge is 0.379 e. The minimum atomic E-state index is -4.63. The maximum Gasteiger partial charge on any atom is 0.451 e. The number of nitrogens with one attached hydrogen (secondary N) is 2. The first-order valence-electron chi connectivity index (χ1n) is 11.5. The molecule has 1 aromatic carbocycles. The Morgan fingerprint density at radius 2 is 1.83 bits per heavy atom. The van der Waals surface area contributed by atoms with Gasteiger partial charge in [0.25, 0.3) is 5.91 Å². The molecule has 4 rings (SSSR count). The zero-order valence-corrected chi connectivity index (χ0v) is 20.5. The number of morpholine rings is 1. The summed E-state index contributed by atoms with van der Waals surface area (Å²) in [5.74, 6) is -0.943. The van der Waals surface area contributed by atoms with Crippen molar-refractivity contribution >= 4 is 34.2 Å². The SMILES string of the molecule is CC(C)Nc1ccc2c(C(=O)NCC(c3cnc(C(F)(F)F)nc3)N3CCOCC3)c(Cl)ccc2n1. The van der Waals surface area contributed by atoms with E-state index < -0.39 is 23.9 Å². The highest BCUT2D eigenvalue weighted by atomic mass is 35.5. The Morgan fingerprint density at radius 1 is 1.14 bits per heavy atom. The van der Waals surface area contributed by atoms with Gasteiger partial charge in [-0.3, -0.25) is 9.69 Å². The zero-order chi connectivity index (χ0) is 25.9. The highest BCUT2D eigenvalue weighted by Gasteiger charge is 2.35. The lowest BCUT2D eigenvalue weighted by atomic mass is 10.1. The average Bonchev–Trinajstić information content (AvgIpc) is 2.84. The molecule has 0 aliphatic carbocycles. The molecule has 3 heterocycles. The molecule has 1 fully saturated rings. The molecule has 3 aromatic rings. The van der Waals surface area contributed by atoms with Crippen LogP contribution >= 0.6 is 11.6 Å². The van der Waals surface area contributed by atoms with Gasteiger partial charge in [-0.25, -0.2) is 15.0 Å². The number of hydrogen-bond acceptors (Lipinski definition) is 7. The van der Waals surface area contributed by atoms with Crippen molar-refractivity contribution in [2.24, 2.45) is 0 Å². The Hall–Kier alpha value is -3.02. The molecule has 0 spiro atoms. The Morgan fingerprint density at radius 3 is 2.47 bits per heavy atom. The lowest BCUT2D eigenvalue weighted by Crippen LogP contribution is -2.44. The first kappa shape index (κ1) is 26.1. The lowest BCUT2D eigenvalue weighted by molar-refractivity contribution is -0.145. The number of alkyl halides is 3. The predicted molar refractivity (Wildman–Crippen MR) is 130 cm³/mol. The summed E-state index contributed by atoms with van der Waals surface area (Å²) >= 11 is 6.41. The molecule has 1 atom stereocenters. The second-order valence-corrected chi connectivity index (χ2v) is 9.10. The first-order valence-corrected chi connectivity index (χ1v) is 11.9.